The highest BCUT2D eigenvalue weighted by Gasteiger charge is 2.09. The maximum absolute atomic E-state index is 13.0. The summed E-state index contributed by atoms with van der Waals surface area (Å²) in [5.74, 6) is 1.63. The molecule has 122 valence electrons. The monoisotopic (exact) mass is 331 g/mol. The van der Waals surface area contributed by atoms with Gasteiger partial charge in [-0.05, 0) is 30.3 Å². The van der Waals surface area contributed by atoms with E-state index in [0.717, 1.165) is 11.4 Å². The summed E-state index contributed by atoms with van der Waals surface area (Å²) in [6.45, 7) is 0. The molecule has 2 aromatic carbocycles. The van der Waals surface area contributed by atoms with Crippen molar-refractivity contribution in [1.29, 1.82) is 0 Å². The Morgan fingerprint density at radius 3 is 2.44 bits per heavy atom. The van der Waals surface area contributed by atoms with Gasteiger partial charge in [-0.15, -0.1) is 0 Å². The standard InChI is InChI=1S/C19H14FN5/c20-15-6-8-16(9-7-15)23-19-22-11-10-17(24-19)25-13-12-21-18(25)14-4-2-1-3-5-14/h1-13H,(H,22,23,24). The second-order valence-electron chi connectivity index (χ2n) is 5.36. The maximum Gasteiger partial charge on any atom is 0.229 e. The van der Waals surface area contributed by atoms with E-state index < -0.39 is 0 Å². The predicted molar refractivity (Wildman–Crippen MR) is 94.3 cm³/mol. The molecule has 0 aliphatic heterocycles. The number of anilines is 2. The first kappa shape index (κ1) is 15.0. The van der Waals surface area contributed by atoms with Crippen LogP contribution in [-0.4, -0.2) is 19.5 Å². The third kappa shape index (κ3) is 3.23. The predicted octanol–water partition coefficient (Wildman–Crippen LogP) is 4.21. The van der Waals surface area contributed by atoms with Crippen LogP contribution in [-0.2, 0) is 0 Å². The summed E-state index contributed by atoms with van der Waals surface area (Å²) in [4.78, 5) is 13.2. The van der Waals surface area contributed by atoms with Crippen LogP contribution in [0.15, 0.2) is 79.3 Å². The molecule has 0 atom stereocenters. The van der Waals surface area contributed by atoms with Crippen LogP contribution in [0.5, 0.6) is 0 Å². The summed E-state index contributed by atoms with van der Waals surface area (Å²) in [6, 6.07) is 17.7. The minimum Gasteiger partial charge on any atom is -0.324 e. The zero-order chi connectivity index (χ0) is 17.1. The molecule has 5 nitrogen and oxygen atoms in total. The van der Waals surface area contributed by atoms with Crippen molar-refractivity contribution in [2.24, 2.45) is 0 Å². The first-order chi connectivity index (χ1) is 12.3. The van der Waals surface area contributed by atoms with Crippen LogP contribution in [0.4, 0.5) is 16.0 Å². The zero-order valence-corrected chi connectivity index (χ0v) is 13.2. The first-order valence-corrected chi connectivity index (χ1v) is 7.74. The van der Waals surface area contributed by atoms with E-state index in [1.165, 1.54) is 12.1 Å². The molecule has 0 bridgehead atoms. The third-order valence-electron chi connectivity index (χ3n) is 3.66. The lowest BCUT2D eigenvalue weighted by atomic mass is 10.2. The molecule has 6 heteroatoms. The highest BCUT2D eigenvalue weighted by Crippen LogP contribution is 2.21. The summed E-state index contributed by atoms with van der Waals surface area (Å²) in [7, 11) is 0. The van der Waals surface area contributed by atoms with Crippen molar-refractivity contribution in [1.82, 2.24) is 19.5 Å². The maximum atomic E-state index is 13.0. The second-order valence-corrected chi connectivity index (χ2v) is 5.36. The first-order valence-electron chi connectivity index (χ1n) is 7.74. The van der Waals surface area contributed by atoms with Crippen LogP contribution in [0.1, 0.15) is 0 Å². The smallest absolute Gasteiger partial charge is 0.229 e. The Morgan fingerprint density at radius 2 is 1.64 bits per heavy atom. The molecule has 0 saturated heterocycles. The Bertz CT molecular complexity index is 980. The fourth-order valence-corrected chi connectivity index (χ4v) is 2.50. The molecule has 0 amide bonds. The van der Waals surface area contributed by atoms with Gasteiger partial charge in [0, 0.05) is 29.8 Å². The highest BCUT2D eigenvalue weighted by atomic mass is 19.1. The minimum atomic E-state index is -0.286. The number of hydrogen-bond donors (Lipinski definition) is 1. The summed E-state index contributed by atoms with van der Waals surface area (Å²) >= 11 is 0. The number of nitrogens with one attached hydrogen (secondary N) is 1. The molecule has 0 aliphatic carbocycles. The van der Waals surface area contributed by atoms with Crippen molar-refractivity contribution < 1.29 is 4.39 Å². The number of benzene rings is 2. The van der Waals surface area contributed by atoms with Gasteiger partial charge in [0.05, 0.1) is 0 Å². The van der Waals surface area contributed by atoms with Gasteiger partial charge < -0.3 is 5.32 Å². The van der Waals surface area contributed by atoms with Crippen LogP contribution in [0.3, 0.4) is 0 Å². The molecule has 25 heavy (non-hydrogen) atoms. The summed E-state index contributed by atoms with van der Waals surface area (Å²) in [5.41, 5.74) is 1.71. The van der Waals surface area contributed by atoms with Crippen molar-refractivity contribution in [3.05, 3.63) is 85.1 Å². The van der Waals surface area contributed by atoms with Gasteiger partial charge in [-0.3, -0.25) is 4.57 Å². The van der Waals surface area contributed by atoms with E-state index in [9.17, 15) is 4.39 Å². The van der Waals surface area contributed by atoms with Crippen molar-refractivity contribution >= 4 is 11.6 Å². The molecule has 4 rings (SSSR count). The molecule has 0 radical (unpaired) electrons. The summed E-state index contributed by atoms with van der Waals surface area (Å²) in [6.07, 6.45) is 5.26. The van der Waals surface area contributed by atoms with E-state index in [1.54, 1.807) is 24.5 Å². The van der Waals surface area contributed by atoms with Gasteiger partial charge in [-0.25, -0.2) is 14.4 Å². The lowest BCUT2D eigenvalue weighted by Gasteiger charge is -2.09. The molecule has 0 unspecified atom stereocenters. The van der Waals surface area contributed by atoms with Gasteiger partial charge in [-0.1, -0.05) is 30.3 Å². The fraction of sp³-hybridized carbons (Fsp3) is 0. The molecular weight excluding hydrogens is 317 g/mol. The van der Waals surface area contributed by atoms with E-state index in [1.807, 2.05) is 47.2 Å². The Hall–Kier alpha value is -3.54. The van der Waals surface area contributed by atoms with Crippen LogP contribution in [0.25, 0.3) is 17.2 Å². The number of imidazole rings is 1. The fourth-order valence-electron chi connectivity index (χ4n) is 2.50. The Labute approximate surface area is 143 Å². The van der Waals surface area contributed by atoms with Gasteiger partial charge >= 0.3 is 0 Å². The zero-order valence-electron chi connectivity index (χ0n) is 13.2. The van der Waals surface area contributed by atoms with Gasteiger partial charge in [-0.2, -0.15) is 4.98 Å². The molecule has 0 aliphatic rings. The number of rotatable bonds is 4. The lowest BCUT2D eigenvalue weighted by Crippen LogP contribution is -2.03. The summed E-state index contributed by atoms with van der Waals surface area (Å²) in [5, 5.41) is 3.07. The van der Waals surface area contributed by atoms with Gasteiger partial charge in [0.15, 0.2) is 0 Å². The largest absolute Gasteiger partial charge is 0.324 e. The molecule has 2 heterocycles. The van der Waals surface area contributed by atoms with E-state index in [4.69, 9.17) is 0 Å². The summed E-state index contributed by atoms with van der Waals surface area (Å²) < 4.78 is 14.9. The van der Waals surface area contributed by atoms with Crippen molar-refractivity contribution in [3.8, 4) is 17.2 Å². The molecule has 4 aromatic rings. The average Bonchev–Trinajstić information content (AvgIpc) is 3.15. The Balaban J connectivity index is 1.67. The van der Waals surface area contributed by atoms with Gasteiger partial charge in [0.25, 0.3) is 0 Å². The van der Waals surface area contributed by atoms with E-state index in [2.05, 4.69) is 20.3 Å². The van der Waals surface area contributed by atoms with E-state index >= 15 is 0 Å². The molecule has 0 spiro atoms. The molecule has 0 fully saturated rings. The van der Waals surface area contributed by atoms with Gasteiger partial charge in [0.2, 0.25) is 5.95 Å². The molecule has 0 saturated carbocycles. The third-order valence-corrected chi connectivity index (χ3v) is 3.66. The number of halogens is 1. The van der Waals surface area contributed by atoms with Crippen molar-refractivity contribution in [2.75, 3.05) is 5.32 Å². The molecule has 2 aromatic heterocycles. The average molecular weight is 331 g/mol. The molecule has 1 N–H and O–H groups in total. The van der Waals surface area contributed by atoms with Crippen LogP contribution < -0.4 is 5.32 Å². The van der Waals surface area contributed by atoms with Crippen LogP contribution >= 0.6 is 0 Å². The van der Waals surface area contributed by atoms with E-state index in [0.29, 0.717) is 17.5 Å². The topological polar surface area (TPSA) is 55.6 Å². The molecular formula is C19H14FN5. The second kappa shape index (κ2) is 6.52. The van der Waals surface area contributed by atoms with Crippen LogP contribution in [0.2, 0.25) is 0 Å². The lowest BCUT2D eigenvalue weighted by molar-refractivity contribution is 0.628. The van der Waals surface area contributed by atoms with E-state index in [-0.39, 0.29) is 5.82 Å². The number of hydrogen-bond acceptors (Lipinski definition) is 4. The van der Waals surface area contributed by atoms with Crippen molar-refractivity contribution in [3.63, 3.8) is 0 Å². The van der Waals surface area contributed by atoms with Gasteiger partial charge in [0.1, 0.15) is 17.5 Å². The normalized spacial score (nSPS) is 10.6. The van der Waals surface area contributed by atoms with Crippen LogP contribution in [0, 0.1) is 5.82 Å². The quantitative estimate of drug-likeness (QED) is 0.608. The number of aromatic nitrogens is 4. The minimum absolute atomic E-state index is 0.286. The Morgan fingerprint density at radius 1 is 0.840 bits per heavy atom. The Kier molecular flexibility index (Phi) is 3.92. The number of nitrogens with zero attached hydrogens (tertiary/aromatic N) is 4. The highest BCUT2D eigenvalue weighted by molar-refractivity contribution is 5.58. The SMILES string of the molecule is Fc1ccc(Nc2nccc(-n3ccnc3-c3ccccc3)n2)cc1. The van der Waals surface area contributed by atoms with Crippen molar-refractivity contribution in [2.45, 2.75) is 0 Å².